The van der Waals surface area contributed by atoms with Gasteiger partial charge < -0.3 is 0 Å². The molecule has 2 bridgehead atoms. The largest absolute Gasteiger partial charge is 0.299 e. The second-order valence-electron chi connectivity index (χ2n) is 7.51. The Bertz CT molecular complexity index is 1170. The van der Waals surface area contributed by atoms with E-state index in [1.807, 2.05) is 0 Å². The molecular formula is C20H9BrF5NO3. The summed E-state index contributed by atoms with van der Waals surface area (Å²) in [6.45, 7) is 0. The van der Waals surface area contributed by atoms with Gasteiger partial charge in [0.1, 0.15) is 11.5 Å². The number of rotatable bonds is 1. The van der Waals surface area contributed by atoms with E-state index in [1.54, 1.807) is 18.2 Å². The quantitative estimate of drug-likeness (QED) is 0.264. The molecule has 0 aromatic heterocycles. The van der Waals surface area contributed by atoms with Crippen LogP contribution >= 0.6 is 15.9 Å². The Balaban J connectivity index is 1.70. The van der Waals surface area contributed by atoms with Crippen molar-refractivity contribution in [3.63, 3.8) is 0 Å². The van der Waals surface area contributed by atoms with Crippen molar-refractivity contribution in [1.29, 1.82) is 0 Å². The van der Waals surface area contributed by atoms with Crippen LogP contribution in [0.5, 0.6) is 0 Å². The van der Waals surface area contributed by atoms with Gasteiger partial charge in [0.05, 0.1) is 17.8 Å². The molecule has 0 N–H and O–H groups in total. The number of Topliss-reactive ketones (excluding diaryl/α,β-unsaturated/α-hetero) is 1. The zero-order valence-electron chi connectivity index (χ0n) is 14.7. The van der Waals surface area contributed by atoms with Crippen LogP contribution in [-0.2, 0) is 14.4 Å². The molecule has 10 heteroatoms. The molecule has 30 heavy (non-hydrogen) atoms. The van der Waals surface area contributed by atoms with Crippen LogP contribution in [0.4, 0.5) is 27.6 Å². The molecule has 3 aliphatic carbocycles. The lowest BCUT2D eigenvalue weighted by atomic mass is 9.56. The number of amides is 2. The molecule has 2 aromatic rings. The van der Waals surface area contributed by atoms with Crippen LogP contribution in [0.25, 0.3) is 0 Å². The number of halogens is 6. The highest BCUT2D eigenvalue weighted by Crippen LogP contribution is 2.58. The normalized spacial score (nSPS) is 27.0. The van der Waals surface area contributed by atoms with Crippen LogP contribution in [-0.4, -0.2) is 17.6 Å². The lowest BCUT2D eigenvalue weighted by molar-refractivity contribution is -0.134. The van der Waals surface area contributed by atoms with Gasteiger partial charge in [0, 0.05) is 16.8 Å². The molecule has 1 heterocycles. The Morgan fingerprint density at radius 1 is 0.800 bits per heavy atom. The first kappa shape index (κ1) is 19.3. The minimum Gasteiger partial charge on any atom is -0.299 e. The maximum atomic E-state index is 14.3. The molecule has 1 saturated carbocycles. The van der Waals surface area contributed by atoms with E-state index in [9.17, 15) is 36.3 Å². The number of imide groups is 1. The van der Waals surface area contributed by atoms with Crippen LogP contribution in [0.15, 0.2) is 22.7 Å². The number of fused-ring (bicyclic) bond motifs is 1. The van der Waals surface area contributed by atoms with Gasteiger partial charge in [0.2, 0.25) is 17.6 Å². The Morgan fingerprint density at radius 3 is 2.00 bits per heavy atom. The third kappa shape index (κ3) is 2.22. The van der Waals surface area contributed by atoms with Crippen LogP contribution in [0.2, 0.25) is 0 Å². The zero-order chi connectivity index (χ0) is 21.6. The topological polar surface area (TPSA) is 54.5 Å². The fourth-order valence-corrected chi connectivity index (χ4v) is 5.37. The maximum absolute atomic E-state index is 14.3. The van der Waals surface area contributed by atoms with Crippen molar-refractivity contribution in [2.45, 2.75) is 18.3 Å². The summed E-state index contributed by atoms with van der Waals surface area (Å²) in [5.74, 6) is -18.1. The molecule has 0 unspecified atom stereocenters. The number of ketones is 1. The average Bonchev–Trinajstić information content (AvgIpc) is 2.97. The van der Waals surface area contributed by atoms with Gasteiger partial charge in [-0.25, -0.2) is 26.9 Å². The number of nitrogens with zero attached hydrogens (tertiary/aromatic N) is 1. The maximum Gasteiger partial charge on any atom is 0.238 e. The third-order valence-corrected chi connectivity index (χ3v) is 6.65. The van der Waals surface area contributed by atoms with Crippen molar-refractivity contribution in [3.05, 3.63) is 62.9 Å². The summed E-state index contributed by atoms with van der Waals surface area (Å²) in [5.41, 5.74) is -0.426. The Hall–Kier alpha value is -2.62. The van der Waals surface area contributed by atoms with Crippen molar-refractivity contribution >= 4 is 39.2 Å². The molecule has 1 aliphatic heterocycles. The van der Waals surface area contributed by atoms with Gasteiger partial charge >= 0.3 is 0 Å². The summed E-state index contributed by atoms with van der Waals surface area (Å²) in [5, 5.41) is 0. The third-order valence-electron chi connectivity index (χ3n) is 6.15. The molecule has 2 amide bonds. The Kier molecular flexibility index (Phi) is 3.99. The molecule has 2 fully saturated rings. The van der Waals surface area contributed by atoms with Crippen molar-refractivity contribution in [3.8, 4) is 0 Å². The van der Waals surface area contributed by atoms with Gasteiger partial charge in [-0.2, -0.15) is 0 Å². The van der Waals surface area contributed by atoms with E-state index in [1.165, 1.54) is 0 Å². The molecule has 4 aliphatic rings. The van der Waals surface area contributed by atoms with Gasteiger partial charge in [0.15, 0.2) is 23.3 Å². The molecule has 0 radical (unpaired) electrons. The lowest BCUT2D eigenvalue weighted by Crippen LogP contribution is -2.45. The Labute approximate surface area is 173 Å². The van der Waals surface area contributed by atoms with Crippen LogP contribution < -0.4 is 4.90 Å². The standard InChI is InChI=1S/C20H9BrF5NO3/c21-5-1-2-6-7(3-5)8-4-9(28)10(6)12-11(8)19(29)27(20(12)30)18-16(25)14(23)13(22)15(24)17(18)26/h1-3,8,10-12H,4H2/t8-,10-,11-,12+/m0/s1. The molecule has 4 atom stereocenters. The highest BCUT2D eigenvalue weighted by molar-refractivity contribution is 9.10. The number of carbonyl (C=O) groups is 3. The number of hydrogen-bond acceptors (Lipinski definition) is 3. The van der Waals surface area contributed by atoms with E-state index in [2.05, 4.69) is 15.9 Å². The van der Waals surface area contributed by atoms with Crippen molar-refractivity contribution in [1.82, 2.24) is 0 Å². The van der Waals surface area contributed by atoms with Gasteiger partial charge in [-0.05, 0) is 23.3 Å². The van der Waals surface area contributed by atoms with E-state index >= 15 is 0 Å². The highest BCUT2D eigenvalue weighted by Gasteiger charge is 2.63. The molecule has 154 valence electrons. The van der Waals surface area contributed by atoms with Crippen LogP contribution in [0, 0.1) is 40.9 Å². The van der Waals surface area contributed by atoms with Crippen LogP contribution in [0.1, 0.15) is 29.4 Å². The predicted molar refractivity (Wildman–Crippen MR) is 95.0 cm³/mol. The van der Waals surface area contributed by atoms with Crippen molar-refractivity contribution < 1.29 is 36.3 Å². The first-order valence-corrected chi connectivity index (χ1v) is 9.65. The van der Waals surface area contributed by atoms with Crippen molar-refractivity contribution in [2.24, 2.45) is 11.8 Å². The van der Waals surface area contributed by atoms with E-state index in [4.69, 9.17) is 0 Å². The summed E-state index contributed by atoms with van der Waals surface area (Å²) >= 11 is 3.30. The minimum atomic E-state index is -2.39. The van der Waals surface area contributed by atoms with Crippen molar-refractivity contribution in [2.75, 3.05) is 4.90 Å². The second-order valence-corrected chi connectivity index (χ2v) is 8.43. The summed E-state index contributed by atoms with van der Waals surface area (Å²) in [7, 11) is 0. The molecular weight excluding hydrogens is 477 g/mol. The summed E-state index contributed by atoms with van der Waals surface area (Å²) in [4.78, 5) is 38.7. The zero-order valence-corrected chi connectivity index (χ0v) is 16.3. The van der Waals surface area contributed by atoms with Crippen LogP contribution in [0.3, 0.4) is 0 Å². The monoisotopic (exact) mass is 485 g/mol. The predicted octanol–water partition coefficient (Wildman–Crippen LogP) is 4.10. The van der Waals surface area contributed by atoms with E-state index in [0.29, 0.717) is 15.6 Å². The van der Waals surface area contributed by atoms with E-state index in [-0.39, 0.29) is 17.1 Å². The highest BCUT2D eigenvalue weighted by atomic mass is 79.9. The smallest absolute Gasteiger partial charge is 0.238 e. The van der Waals surface area contributed by atoms with Gasteiger partial charge in [-0.3, -0.25) is 14.4 Å². The summed E-state index contributed by atoms with van der Waals surface area (Å²) in [6, 6.07) is 4.99. The van der Waals surface area contributed by atoms with Gasteiger partial charge in [0.25, 0.3) is 0 Å². The molecule has 0 spiro atoms. The molecule has 4 nitrogen and oxygen atoms in total. The minimum absolute atomic E-state index is 0.0190. The fraction of sp³-hybridized carbons (Fsp3) is 0.250. The summed E-state index contributed by atoms with van der Waals surface area (Å²) < 4.78 is 70.2. The Morgan fingerprint density at radius 2 is 1.37 bits per heavy atom. The number of carbonyl (C=O) groups excluding carboxylic acids is 3. The van der Waals surface area contributed by atoms with Gasteiger partial charge in [-0.15, -0.1) is 0 Å². The number of hydrogen-bond donors (Lipinski definition) is 0. The fourth-order valence-electron chi connectivity index (χ4n) is 4.99. The second kappa shape index (κ2) is 6.19. The number of anilines is 1. The van der Waals surface area contributed by atoms with E-state index < -0.39 is 70.3 Å². The first-order chi connectivity index (χ1) is 14.1. The molecule has 1 saturated heterocycles. The summed E-state index contributed by atoms with van der Waals surface area (Å²) in [6.07, 6.45) is -0.0563. The van der Waals surface area contributed by atoms with Gasteiger partial charge in [-0.1, -0.05) is 22.0 Å². The first-order valence-electron chi connectivity index (χ1n) is 8.86. The van der Waals surface area contributed by atoms with E-state index in [0.717, 1.165) is 0 Å². The number of benzene rings is 2. The SMILES string of the molecule is O=C1C[C@H]2c3cc(Br)ccc3[C@@H]1[C@H]1C(=O)N(c3c(F)c(F)c(F)c(F)c3F)C(=O)[C@H]12. The molecule has 6 rings (SSSR count). The average molecular weight is 486 g/mol. The lowest BCUT2D eigenvalue weighted by Gasteiger charge is -2.43. The molecule has 2 aromatic carbocycles.